The molecular formula is C25H43N3O. The fraction of sp³-hybridized carbons (Fsp3) is 0.840. The number of likely N-dealkylation sites (tertiary alicyclic amines) is 1. The van der Waals surface area contributed by atoms with Gasteiger partial charge in [-0.2, -0.15) is 5.10 Å². The van der Waals surface area contributed by atoms with Crippen LogP contribution in [-0.4, -0.2) is 40.1 Å². The maximum Gasteiger partial charge on any atom is 0.132 e. The van der Waals surface area contributed by atoms with E-state index in [0.29, 0.717) is 17.6 Å². The van der Waals surface area contributed by atoms with Crippen molar-refractivity contribution < 1.29 is 4.79 Å². The smallest absolute Gasteiger partial charge is 0.132 e. The second-order valence-corrected chi connectivity index (χ2v) is 10.1. The molecule has 0 bridgehead atoms. The summed E-state index contributed by atoms with van der Waals surface area (Å²) in [6.07, 6.45) is 17.3. The highest BCUT2D eigenvalue weighted by Gasteiger charge is 2.23. The van der Waals surface area contributed by atoms with Gasteiger partial charge in [0.05, 0.1) is 6.20 Å². The largest absolute Gasteiger partial charge is 0.303 e. The van der Waals surface area contributed by atoms with Crippen molar-refractivity contribution in [3.63, 3.8) is 0 Å². The van der Waals surface area contributed by atoms with Crippen LogP contribution in [0.4, 0.5) is 0 Å². The van der Waals surface area contributed by atoms with Gasteiger partial charge in [0, 0.05) is 18.7 Å². The van der Waals surface area contributed by atoms with Gasteiger partial charge in [-0.1, -0.05) is 33.1 Å². The minimum atomic E-state index is 0.375. The van der Waals surface area contributed by atoms with E-state index in [4.69, 9.17) is 0 Å². The number of nitrogens with zero attached hydrogens (tertiary/aromatic N) is 3. The Labute approximate surface area is 178 Å². The monoisotopic (exact) mass is 401 g/mol. The second kappa shape index (κ2) is 11.3. The first-order valence-electron chi connectivity index (χ1n) is 12.3. The topological polar surface area (TPSA) is 38.1 Å². The lowest BCUT2D eigenvalue weighted by atomic mass is 9.78. The molecule has 0 unspecified atom stereocenters. The first kappa shape index (κ1) is 22.5. The van der Waals surface area contributed by atoms with Gasteiger partial charge in [0.15, 0.2) is 0 Å². The van der Waals surface area contributed by atoms with E-state index in [1.165, 1.54) is 76.6 Å². The molecule has 0 atom stereocenters. The van der Waals surface area contributed by atoms with E-state index in [1.54, 1.807) is 6.92 Å². The molecular weight excluding hydrogens is 358 g/mol. The number of Topliss-reactive ketones (excluding diaryl/α,β-unsaturated/α-hetero) is 1. The number of ketones is 1. The molecule has 0 aromatic carbocycles. The molecule has 0 radical (unpaired) electrons. The van der Waals surface area contributed by atoms with Gasteiger partial charge >= 0.3 is 0 Å². The van der Waals surface area contributed by atoms with E-state index in [1.807, 2.05) is 6.20 Å². The Kier molecular flexibility index (Phi) is 8.77. The lowest BCUT2D eigenvalue weighted by molar-refractivity contribution is -0.121. The van der Waals surface area contributed by atoms with Crippen molar-refractivity contribution in [2.45, 2.75) is 97.4 Å². The van der Waals surface area contributed by atoms with Gasteiger partial charge in [0.1, 0.15) is 5.78 Å². The van der Waals surface area contributed by atoms with Crippen molar-refractivity contribution >= 4 is 5.78 Å². The number of carbonyl (C=O) groups excluding carboxylic acids is 1. The zero-order valence-corrected chi connectivity index (χ0v) is 19.1. The van der Waals surface area contributed by atoms with E-state index in [2.05, 4.69) is 34.7 Å². The molecule has 29 heavy (non-hydrogen) atoms. The number of piperidine rings is 1. The SMILES string of the molecule is CC(=O)[C@H]1CC[C@H](CCCCCN2CCC(Cn3cc(C(C)C)cn3)CC2)CC1. The quantitative estimate of drug-likeness (QED) is 0.474. The summed E-state index contributed by atoms with van der Waals surface area (Å²) in [6.45, 7) is 11.1. The summed E-state index contributed by atoms with van der Waals surface area (Å²) in [5.41, 5.74) is 1.36. The van der Waals surface area contributed by atoms with Gasteiger partial charge in [-0.05, 0) is 94.8 Å². The number of rotatable bonds is 10. The number of carbonyl (C=O) groups is 1. The molecule has 1 aliphatic heterocycles. The van der Waals surface area contributed by atoms with Gasteiger partial charge in [-0.25, -0.2) is 0 Å². The lowest BCUT2D eigenvalue weighted by Crippen LogP contribution is -2.35. The first-order valence-corrected chi connectivity index (χ1v) is 12.3. The fourth-order valence-corrected chi connectivity index (χ4v) is 5.24. The van der Waals surface area contributed by atoms with Crippen LogP contribution in [-0.2, 0) is 11.3 Å². The minimum absolute atomic E-state index is 0.375. The highest BCUT2D eigenvalue weighted by molar-refractivity contribution is 5.78. The van der Waals surface area contributed by atoms with Crippen LogP contribution in [0.1, 0.15) is 96.5 Å². The zero-order valence-electron chi connectivity index (χ0n) is 19.1. The molecule has 1 aromatic heterocycles. The molecule has 1 saturated carbocycles. The van der Waals surface area contributed by atoms with E-state index < -0.39 is 0 Å². The number of aromatic nitrogens is 2. The molecule has 3 rings (SSSR count). The molecule has 0 spiro atoms. The summed E-state index contributed by atoms with van der Waals surface area (Å²) in [7, 11) is 0. The highest BCUT2D eigenvalue weighted by atomic mass is 16.1. The molecule has 2 aliphatic rings. The second-order valence-electron chi connectivity index (χ2n) is 10.1. The maximum atomic E-state index is 11.5. The molecule has 1 aromatic rings. The Hall–Kier alpha value is -1.16. The third-order valence-electron chi connectivity index (χ3n) is 7.48. The van der Waals surface area contributed by atoms with Gasteiger partial charge in [0.2, 0.25) is 0 Å². The van der Waals surface area contributed by atoms with E-state index in [0.717, 1.165) is 31.2 Å². The third kappa shape index (κ3) is 7.24. The lowest BCUT2D eigenvalue weighted by Gasteiger charge is -2.32. The number of hydrogen-bond acceptors (Lipinski definition) is 3. The van der Waals surface area contributed by atoms with Crippen LogP contribution in [0.25, 0.3) is 0 Å². The summed E-state index contributed by atoms with van der Waals surface area (Å²) >= 11 is 0. The highest BCUT2D eigenvalue weighted by Crippen LogP contribution is 2.32. The Bertz CT molecular complexity index is 607. The van der Waals surface area contributed by atoms with E-state index >= 15 is 0 Å². The molecule has 1 saturated heterocycles. The summed E-state index contributed by atoms with van der Waals surface area (Å²) in [6, 6.07) is 0. The van der Waals surface area contributed by atoms with Crippen molar-refractivity contribution in [3.8, 4) is 0 Å². The van der Waals surface area contributed by atoms with Crippen LogP contribution >= 0.6 is 0 Å². The van der Waals surface area contributed by atoms with Crippen molar-refractivity contribution in [1.82, 2.24) is 14.7 Å². The molecule has 1 aliphatic carbocycles. The number of hydrogen-bond donors (Lipinski definition) is 0. The molecule has 164 valence electrons. The number of unbranched alkanes of at least 4 members (excludes halogenated alkanes) is 2. The Balaban J connectivity index is 1.22. The van der Waals surface area contributed by atoms with Crippen LogP contribution in [0.2, 0.25) is 0 Å². The van der Waals surface area contributed by atoms with Gasteiger partial charge in [0.25, 0.3) is 0 Å². The third-order valence-corrected chi connectivity index (χ3v) is 7.48. The van der Waals surface area contributed by atoms with Crippen LogP contribution in [0.15, 0.2) is 12.4 Å². The Morgan fingerprint density at radius 1 is 1.03 bits per heavy atom. The Morgan fingerprint density at radius 3 is 2.38 bits per heavy atom. The molecule has 0 amide bonds. The van der Waals surface area contributed by atoms with Gasteiger partial charge < -0.3 is 4.90 Å². The molecule has 2 fully saturated rings. The normalized spacial score (nSPS) is 24.3. The van der Waals surface area contributed by atoms with Crippen LogP contribution in [0, 0.1) is 17.8 Å². The Morgan fingerprint density at radius 2 is 1.76 bits per heavy atom. The average Bonchev–Trinajstić information content (AvgIpc) is 3.18. The summed E-state index contributed by atoms with van der Waals surface area (Å²) in [5.74, 6) is 3.04. The standard InChI is InChI=1S/C25H43N3O/c1-20(2)25-17-26-28(19-25)18-23-12-15-27(16-13-23)14-6-4-5-7-22-8-10-24(11-9-22)21(3)29/h17,19-20,22-24H,4-16,18H2,1-3H3/t22-,24-. The first-order chi connectivity index (χ1) is 14.0. The van der Waals surface area contributed by atoms with Crippen molar-refractivity contribution in [3.05, 3.63) is 18.0 Å². The summed E-state index contributed by atoms with van der Waals surface area (Å²) < 4.78 is 2.17. The zero-order chi connectivity index (χ0) is 20.6. The molecule has 2 heterocycles. The van der Waals surface area contributed by atoms with Crippen molar-refractivity contribution in [2.24, 2.45) is 17.8 Å². The average molecular weight is 402 g/mol. The van der Waals surface area contributed by atoms with Crippen LogP contribution in [0.5, 0.6) is 0 Å². The van der Waals surface area contributed by atoms with E-state index in [9.17, 15) is 4.79 Å². The molecule has 0 N–H and O–H groups in total. The molecule has 4 nitrogen and oxygen atoms in total. The predicted octanol–water partition coefficient (Wildman–Crippen LogP) is 5.67. The molecule has 4 heteroatoms. The van der Waals surface area contributed by atoms with Crippen LogP contribution in [0.3, 0.4) is 0 Å². The fourth-order valence-electron chi connectivity index (χ4n) is 5.24. The predicted molar refractivity (Wildman–Crippen MR) is 120 cm³/mol. The van der Waals surface area contributed by atoms with E-state index in [-0.39, 0.29) is 0 Å². The van der Waals surface area contributed by atoms with Gasteiger partial charge in [-0.3, -0.25) is 9.48 Å². The maximum absolute atomic E-state index is 11.5. The minimum Gasteiger partial charge on any atom is -0.303 e. The summed E-state index contributed by atoms with van der Waals surface area (Å²) in [5, 5.41) is 4.56. The van der Waals surface area contributed by atoms with Crippen molar-refractivity contribution in [1.29, 1.82) is 0 Å². The van der Waals surface area contributed by atoms with Gasteiger partial charge in [-0.15, -0.1) is 0 Å². The van der Waals surface area contributed by atoms with Crippen LogP contribution < -0.4 is 0 Å². The summed E-state index contributed by atoms with van der Waals surface area (Å²) in [4.78, 5) is 14.2. The van der Waals surface area contributed by atoms with Crippen molar-refractivity contribution in [2.75, 3.05) is 19.6 Å².